The zero-order chi connectivity index (χ0) is 21.6. The summed E-state index contributed by atoms with van der Waals surface area (Å²) in [6, 6.07) is 17.6. The molecule has 1 fully saturated rings. The lowest BCUT2D eigenvalue weighted by Gasteiger charge is -2.30. The number of rotatable bonds is 7. The summed E-state index contributed by atoms with van der Waals surface area (Å²) in [5.41, 5.74) is 1.83. The maximum Gasteiger partial charge on any atom is 0.240 e. The summed E-state index contributed by atoms with van der Waals surface area (Å²) < 4.78 is 13.0. The standard InChI is InChI=1S/C23H26N4O3S/c1-3-27-21(18-11-7-8-12-19(18)29-2)24-25-23(27)31-20(17-9-5-4-6-10-17)22(28)26-13-15-30-16-14-26/h4-12,20H,3,13-16H2,1-2H3/t20-/m1/s1. The number of amides is 1. The van der Waals surface area contributed by atoms with Crippen molar-refractivity contribution in [3.8, 4) is 17.1 Å². The van der Waals surface area contributed by atoms with E-state index < -0.39 is 5.25 Å². The maximum absolute atomic E-state index is 13.5. The highest BCUT2D eigenvalue weighted by atomic mass is 32.2. The Kier molecular flexibility index (Phi) is 6.89. The molecular weight excluding hydrogens is 412 g/mol. The molecule has 1 aliphatic heterocycles. The minimum atomic E-state index is -0.403. The molecule has 7 nitrogen and oxygen atoms in total. The normalized spacial score (nSPS) is 15.0. The SMILES string of the molecule is CCn1c(S[C@@H](C(=O)N2CCOCC2)c2ccccc2)nnc1-c1ccccc1OC. The van der Waals surface area contributed by atoms with Crippen molar-refractivity contribution >= 4 is 17.7 Å². The van der Waals surface area contributed by atoms with Crippen LogP contribution >= 0.6 is 11.8 Å². The molecule has 1 atom stereocenters. The number of morpholine rings is 1. The van der Waals surface area contributed by atoms with Crippen molar-refractivity contribution in [2.24, 2.45) is 0 Å². The van der Waals surface area contributed by atoms with Gasteiger partial charge >= 0.3 is 0 Å². The molecule has 0 aliphatic carbocycles. The first-order valence-corrected chi connectivity index (χ1v) is 11.3. The second kappa shape index (κ2) is 9.98. The van der Waals surface area contributed by atoms with Crippen LogP contribution in [0.4, 0.5) is 0 Å². The molecular formula is C23H26N4O3S. The third-order valence-electron chi connectivity index (χ3n) is 5.25. The lowest BCUT2D eigenvalue weighted by Crippen LogP contribution is -2.42. The van der Waals surface area contributed by atoms with E-state index in [1.54, 1.807) is 7.11 Å². The largest absolute Gasteiger partial charge is 0.496 e. The van der Waals surface area contributed by atoms with Crippen molar-refractivity contribution in [2.75, 3.05) is 33.4 Å². The Labute approximate surface area is 186 Å². The average molecular weight is 439 g/mol. The Morgan fingerprint density at radius 1 is 1.10 bits per heavy atom. The van der Waals surface area contributed by atoms with Gasteiger partial charge in [0.25, 0.3) is 0 Å². The smallest absolute Gasteiger partial charge is 0.240 e. The Balaban J connectivity index is 1.69. The molecule has 1 aromatic heterocycles. The van der Waals surface area contributed by atoms with Crippen LogP contribution in [0.25, 0.3) is 11.4 Å². The highest BCUT2D eigenvalue weighted by molar-refractivity contribution is 8.00. The lowest BCUT2D eigenvalue weighted by atomic mass is 10.1. The molecule has 4 rings (SSSR count). The summed E-state index contributed by atoms with van der Waals surface area (Å²) in [6.07, 6.45) is 0. The van der Waals surface area contributed by atoms with Gasteiger partial charge in [-0.25, -0.2) is 0 Å². The molecule has 31 heavy (non-hydrogen) atoms. The molecule has 2 aromatic carbocycles. The van der Waals surface area contributed by atoms with Gasteiger partial charge in [0.15, 0.2) is 11.0 Å². The van der Waals surface area contributed by atoms with Gasteiger partial charge < -0.3 is 18.9 Å². The van der Waals surface area contributed by atoms with E-state index in [4.69, 9.17) is 9.47 Å². The van der Waals surface area contributed by atoms with Gasteiger partial charge in [-0.1, -0.05) is 54.2 Å². The summed E-state index contributed by atoms with van der Waals surface area (Å²) in [7, 11) is 1.65. The van der Waals surface area contributed by atoms with Gasteiger partial charge in [-0.3, -0.25) is 4.79 Å². The van der Waals surface area contributed by atoms with Gasteiger partial charge in [0, 0.05) is 19.6 Å². The highest BCUT2D eigenvalue weighted by Gasteiger charge is 2.30. The van der Waals surface area contributed by atoms with E-state index in [0.717, 1.165) is 22.7 Å². The van der Waals surface area contributed by atoms with E-state index in [1.165, 1.54) is 11.8 Å². The number of thioether (sulfide) groups is 1. The topological polar surface area (TPSA) is 69.5 Å². The molecule has 2 heterocycles. The molecule has 1 aliphatic rings. The summed E-state index contributed by atoms with van der Waals surface area (Å²) in [5.74, 6) is 1.54. The van der Waals surface area contributed by atoms with Crippen LogP contribution in [0.1, 0.15) is 17.7 Å². The van der Waals surface area contributed by atoms with Crippen LogP contribution in [0.2, 0.25) is 0 Å². The Morgan fingerprint density at radius 3 is 2.52 bits per heavy atom. The van der Waals surface area contributed by atoms with E-state index in [9.17, 15) is 4.79 Å². The highest BCUT2D eigenvalue weighted by Crippen LogP contribution is 2.38. The van der Waals surface area contributed by atoms with Crippen LogP contribution in [0, 0.1) is 0 Å². The fraction of sp³-hybridized carbons (Fsp3) is 0.348. The third-order valence-corrected chi connectivity index (χ3v) is 6.48. The molecule has 0 bridgehead atoms. The Morgan fingerprint density at radius 2 is 1.81 bits per heavy atom. The molecule has 3 aromatic rings. The fourth-order valence-corrected chi connectivity index (χ4v) is 4.82. The molecule has 0 N–H and O–H groups in total. The van der Waals surface area contributed by atoms with Crippen molar-refractivity contribution in [1.82, 2.24) is 19.7 Å². The number of hydrogen-bond donors (Lipinski definition) is 0. The van der Waals surface area contributed by atoms with Gasteiger partial charge in [-0.15, -0.1) is 10.2 Å². The van der Waals surface area contributed by atoms with Gasteiger partial charge in [0.2, 0.25) is 5.91 Å². The maximum atomic E-state index is 13.5. The monoisotopic (exact) mass is 438 g/mol. The van der Waals surface area contributed by atoms with Crippen LogP contribution < -0.4 is 4.74 Å². The van der Waals surface area contributed by atoms with Gasteiger partial charge in [-0.05, 0) is 24.6 Å². The number of carbonyl (C=O) groups excluding carboxylic acids is 1. The van der Waals surface area contributed by atoms with E-state index in [1.807, 2.05) is 71.0 Å². The van der Waals surface area contributed by atoms with Crippen LogP contribution in [0.15, 0.2) is 59.8 Å². The fourth-order valence-electron chi connectivity index (χ4n) is 3.63. The van der Waals surface area contributed by atoms with Gasteiger partial charge in [0.1, 0.15) is 11.0 Å². The zero-order valence-corrected chi connectivity index (χ0v) is 18.5. The predicted molar refractivity (Wildman–Crippen MR) is 120 cm³/mol. The van der Waals surface area contributed by atoms with Gasteiger partial charge in [0.05, 0.1) is 25.9 Å². The minimum absolute atomic E-state index is 0.0731. The molecule has 0 spiro atoms. The number of para-hydroxylation sites is 1. The number of methoxy groups -OCH3 is 1. The van der Waals surface area contributed by atoms with Crippen molar-refractivity contribution < 1.29 is 14.3 Å². The van der Waals surface area contributed by atoms with Crippen molar-refractivity contribution in [3.63, 3.8) is 0 Å². The van der Waals surface area contributed by atoms with Crippen LogP contribution in [0.3, 0.4) is 0 Å². The second-order valence-electron chi connectivity index (χ2n) is 7.10. The van der Waals surface area contributed by atoms with Crippen molar-refractivity contribution in [2.45, 2.75) is 23.9 Å². The summed E-state index contributed by atoms with van der Waals surface area (Å²) >= 11 is 1.44. The number of hydrogen-bond acceptors (Lipinski definition) is 6. The van der Waals surface area contributed by atoms with Crippen LogP contribution in [-0.2, 0) is 16.1 Å². The zero-order valence-electron chi connectivity index (χ0n) is 17.7. The van der Waals surface area contributed by atoms with E-state index in [-0.39, 0.29) is 5.91 Å². The first-order valence-electron chi connectivity index (χ1n) is 10.4. The summed E-state index contributed by atoms with van der Waals surface area (Å²) in [5, 5.41) is 9.21. The molecule has 162 valence electrons. The molecule has 0 unspecified atom stereocenters. The molecule has 1 amide bonds. The Bertz CT molecular complexity index is 1020. The minimum Gasteiger partial charge on any atom is -0.496 e. The van der Waals surface area contributed by atoms with E-state index in [2.05, 4.69) is 10.2 Å². The number of aromatic nitrogens is 3. The second-order valence-corrected chi connectivity index (χ2v) is 8.17. The van der Waals surface area contributed by atoms with Crippen LogP contribution in [-0.4, -0.2) is 59.0 Å². The van der Waals surface area contributed by atoms with Crippen LogP contribution in [0.5, 0.6) is 5.75 Å². The average Bonchev–Trinajstić information content (AvgIpc) is 3.25. The summed E-state index contributed by atoms with van der Waals surface area (Å²) in [4.78, 5) is 15.3. The molecule has 0 radical (unpaired) electrons. The summed E-state index contributed by atoms with van der Waals surface area (Å²) in [6.45, 7) is 5.08. The quantitative estimate of drug-likeness (QED) is 0.525. The first kappa shape index (κ1) is 21.4. The van der Waals surface area contributed by atoms with E-state index in [0.29, 0.717) is 38.0 Å². The number of carbonyl (C=O) groups is 1. The van der Waals surface area contributed by atoms with E-state index >= 15 is 0 Å². The Hall–Kier alpha value is -2.84. The third kappa shape index (κ3) is 4.60. The number of ether oxygens (including phenoxy) is 2. The first-order chi connectivity index (χ1) is 15.2. The van der Waals surface area contributed by atoms with Crippen molar-refractivity contribution in [1.29, 1.82) is 0 Å². The number of benzene rings is 2. The number of nitrogens with zero attached hydrogens (tertiary/aromatic N) is 4. The predicted octanol–water partition coefficient (Wildman–Crippen LogP) is 3.67. The molecule has 1 saturated heterocycles. The molecule has 8 heteroatoms. The van der Waals surface area contributed by atoms with Gasteiger partial charge in [-0.2, -0.15) is 0 Å². The molecule has 0 saturated carbocycles. The lowest BCUT2D eigenvalue weighted by molar-refractivity contribution is -0.134. The van der Waals surface area contributed by atoms with Crippen molar-refractivity contribution in [3.05, 3.63) is 60.2 Å².